The van der Waals surface area contributed by atoms with E-state index in [1.54, 1.807) is 38.4 Å². The van der Waals surface area contributed by atoms with Gasteiger partial charge in [0.05, 0.1) is 0 Å². The molecule has 9 nitrogen and oxygen atoms in total. The molecule has 0 radical (unpaired) electrons. The number of hydrogen-bond acceptors (Lipinski definition) is 7. The van der Waals surface area contributed by atoms with E-state index in [0.717, 1.165) is 6.07 Å². The van der Waals surface area contributed by atoms with E-state index in [2.05, 4.69) is 25.2 Å². The fraction of sp³-hybridized carbons (Fsp3) is 0.300. The predicted octanol–water partition coefficient (Wildman–Crippen LogP) is 2.83. The molecule has 1 aliphatic rings. The van der Waals surface area contributed by atoms with E-state index < -0.39 is 26.8 Å². The van der Waals surface area contributed by atoms with E-state index >= 15 is 0 Å². The number of halogens is 1. The van der Waals surface area contributed by atoms with Crippen LogP contribution in [-0.4, -0.2) is 29.4 Å². The number of anilines is 1. The zero-order valence-corrected chi connectivity index (χ0v) is 17.6. The van der Waals surface area contributed by atoms with Crippen LogP contribution in [0.3, 0.4) is 0 Å². The van der Waals surface area contributed by atoms with Crippen LogP contribution in [0.4, 0.5) is 10.1 Å². The van der Waals surface area contributed by atoms with Gasteiger partial charge < -0.3 is 9.84 Å². The van der Waals surface area contributed by atoms with Crippen LogP contribution in [0.2, 0.25) is 0 Å². The number of carbonyl (C=O) groups excluding carboxylic acids is 1. The molecule has 1 unspecified atom stereocenters. The van der Waals surface area contributed by atoms with Gasteiger partial charge in [0, 0.05) is 30.1 Å². The molecule has 0 spiro atoms. The summed E-state index contributed by atoms with van der Waals surface area (Å²) in [6.07, 6.45) is 3.70. The standard InChI is InChI=1S/C20H20FN5O4S/c1-11(2)18(20-24-19(25-30-20)12-5-7-22-8-6-12)26-31(28,29)16-9-13-3-4-17(27)23-15(13)10-14(16)21/h5-11,18,26H,3-4H2,1-2H3,(H,23,27). The molecule has 2 aromatic heterocycles. The van der Waals surface area contributed by atoms with Crippen LogP contribution >= 0.6 is 0 Å². The monoisotopic (exact) mass is 445 g/mol. The van der Waals surface area contributed by atoms with Crippen molar-refractivity contribution in [3.8, 4) is 11.4 Å². The lowest BCUT2D eigenvalue weighted by molar-refractivity contribution is -0.116. The molecule has 4 rings (SSSR count). The first-order valence-corrected chi connectivity index (χ1v) is 11.1. The van der Waals surface area contributed by atoms with Crippen molar-refractivity contribution in [1.82, 2.24) is 19.8 Å². The second-order valence-electron chi connectivity index (χ2n) is 7.52. The largest absolute Gasteiger partial charge is 0.337 e. The number of amides is 1. The fourth-order valence-electron chi connectivity index (χ4n) is 3.27. The van der Waals surface area contributed by atoms with Gasteiger partial charge in [0.15, 0.2) is 0 Å². The Kier molecular flexibility index (Phi) is 5.54. The summed E-state index contributed by atoms with van der Waals surface area (Å²) in [5.74, 6) is -1.10. The molecule has 1 aliphatic heterocycles. The van der Waals surface area contributed by atoms with Crippen LogP contribution in [-0.2, 0) is 21.2 Å². The van der Waals surface area contributed by atoms with E-state index in [4.69, 9.17) is 4.52 Å². The van der Waals surface area contributed by atoms with E-state index in [9.17, 15) is 17.6 Å². The van der Waals surface area contributed by atoms with Gasteiger partial charge in [-0.05, 0) is 42.2 Å². The first-order valence-electron chi connectivity index (χ1n) is 9.63. The number of carbonyl (C=O) groups is 1. The number of hydrogen-bond donors (Lipinski definition) is 2. The predicted molar refractivity (Wildman–Crippen MR) is 109 cm³/mol. The summed E-state index contributed by atoms with van der Waals surface area (Å²) in [4.78, 5) is 19.2. The van der Waals surface area contributed by atoms with Crippen molar-refractivity contribution < 1.29 is 22.1 Å². The molecule has 0 saturated carbocycles. The molecule has 1 atom stereocenters. The molecule has 0 fully saturated rings. The average molecular weight is 445 g/mol. The zero-order chi connectivity index (χ0) is 22.2. The summed E-state index contributed by atoms with van der Waals surface area (Å²) in [5, 5.41) is 6.46. The molecular weight excluding hydrogens is 425 g/mol. The minimum absolute atomic E-state index is 0.0658. The number of sulfonamides is 1. The van der Waals surface area contributed by atoms with Crippen molar-refractivity contribution in [2.75, 3.05) is 5.32 Å². The Labute approximate surface area is 178 Å². The lowest BCUT2D eigenvalue weighted by Gasteiger charge is -2.21. The van der Waals surface area contributed by atoms with Gasteiger partial charge in [-0.25, -0.2) is 12.8 Å². The molecule has 1 aromatic carbocycles. The zero-order valence-electron chi connectivity index (χ0n) is 16.8. The molecule has 3 aromatic rings. The number of nitrogens with one attached hydrogen (secondary N) is 2. The SMILES string of the molecule is CC(C)C(NS(=O)(=O)c1cc2c(cc1F)NC(=O)CC2)c1nc(-c2ccncc2)no1. The Balaban J connectivity index is 1.64. The van der Waals surface area contributed by atoms with Crippen LogP contribution in [0.1, 0.15) is 37.8 Å². The Bertz CT molecular complexity index is 1230. The molecule has 1 amide bonds. The fourth-order valence-corrected chi connectivity index (χ4v) is 4.71. The number of rotatable bonds is 6. The van der Waals surface area contributed by atoms with Crippen molar-refractivity contribution in [2.45, 2.75) is 37.6 Å². The second kappa shape index (κ2) is 8.16. The van der Waals surface area contributed by atoms with Gasteiger partial charge in [-0.2, -0.15) is 9.71 Å². The molecule has 0 bridgehead atoms. The van der Waals surface area contributed by atoms with Gasteiger partial charge in [0.25, 0.3) is 0 Å². The summed E-state index contributed by atoms with van der Waals surface area (Å²) in [7, 11) is -4.26. The van der Waals surface area contributed by atoms with Gasteiger partial charge >= 0.3 is 0 Å². The third kappa shape index (κ3) is 4.32. The molecule has 3 heterocycles. The lowest BCUT2D eigenvalue weighted by atomic mass is 10.0. The van der Waals surface area contributed by atoms with Crippen LogP contribution in [0.15, 0.2) is 46.1 Å². The van der Waals surface area contributed by atoms with Crippen molar-refractivity contribution in [1.29, 1.82) is 0 Å². The first kappa shape index (κ1) is 21.1. The van der Waals surface area contributed by atoms with Crippen molar-refractivity contribution in [3.63, 3.8) is 0 Å². The van der Waals surface area contributed by atoms with Crippen molar-refractivity contribution >= 4 is 21.6 Å². The second-order valence-corrected chi connectivity index (χ2v) is 9.21. The van der Waals surface area contributed by atoms with Gasteiger partial charge in [0.2, 0.25) is 27.6 Å². The summed E-state index contributed by atoms with van der Waals surface area (Å²) in [6.45, 7) is 3.56. The molecule has 0 aliphatic carbocycles. The summed E-state index contributed by atoms with van der Waals surface area (Å²) in [6, 6.07) is 4.80. The highest BCUT2D eigenvalue weighted by Crippen LogP contribution is 2.30. The highest BCUT2D eigenvalue weighted by atomic mass is 32.2. The smallest absolute Gasteiger partial charge is 0.245 e. The quantitative estimate of drug-likeness (QED) is 0.597. The first-order chi connectivity index (χ1) is 14.7. The van der Waals surface area contributed by atoms with Gasteiger partial charge in [0.1, 0.15) is 16.8 Å². The highest BCUT2D eigenvalue weighted by Gasteiger charge is 2.31. The van der Waals surface area contributed by atoms with Gasteiger partial charge in [-0.15, -0.1) is 0 Å². The van der Waals surface area contributed by atoms with Gasteiger partial charge in [-0.3, -0.25) is 9.78 Å². The normalized spacial score (nSPS) is 14.9. The number of benzene rings is 1. The van der Waals surface area contributed by atoms with Crippen LogP contribution in [0.5, 0.6) is 0 Å². The van der Waals surface area contributed by atoms with Crippen molar-refractivity contribution in [2.24, 2.45) is 5.92 Å². The lowest BCUT2D eigenvalue weighted by Crippen LogP contribution is -2.33. The summed E-state index contributed by atoms with van der Waals surface area (Å²) >= 11 is 0. The maximum absolute atomic E-state index is 14.7. The summed E-state index contributed by atoms with van der Waals surface area (Å²) < 4.78 is 48.5. The number of fused-ring (bicyclic) bond motifs is 1. The molecule has 11 heteroatoms. The molecule has 31 heavy (non-hydrogen) atoms. The topological polar surface area (TPSA) is 127 Å². The minimum atomic E-state index is -4.26. The molecule has 0 saturated heterocycles. The Morgan fingerprint density at radius 3 is 2.65 bits per heavy atom. The molecular formula is C20H20FN5O4S. The van der Waals surface area contributed by atoms with E-state index in [-0.39, 0.29) is 35.6 Å². The highest BCUT2D eigenvalue weighted by molar-refractivity contribution is 7.89. The van der Waals surface area contributed by atoms with Crippen LogP contribution < -0.4 is 10.0 Å². The number of pyridine rings is 1. The maximum Gasteiger partial charge on any atom is 0.245 e. The van der Waals surface area contributed by atoms with E-state index in [1.165, 1.54) is 6.07 Å². The number of aromatic nitrogens is 3. The van der Waals surface area contributed by atoms with E-state index in [0.29, 0.717) is 17.5 Å². The number of nitrogens with zero attached hydrogens (tertiary/aromatic N) is 3. The van der Waals surface area contributed by atoms with Crippen LogP contribution in [0, 0.1) is 11.7 Å². The maximum atomic E-state index is 14.7. The Morgan fingerprint density at radius 1 is 1.19 bits per heavy atom. The number of aryl methyl sites for hydroxylation is 1. The molecule has 162 valence electrons. The Morgan fingerprint density at radius 2 is 1.94 bits per heavy atom. The average Bonchev–Trinajstić information content (AvgIpc) is 3.21. The Hall–Kier alpha value is -3.18. The minimum Gasteiger partial charge on any atom is -0.337 e. The summed E-state index contributed by atoms with van der Waals surface area (Å²) in [5.41, 5.74) is 1.50. The van der Waals surface area contributed by atoms with E-state index in [1.807, 2.05) is 0 Å². The van der Waals surface area contributed by atoms with Crippen LogP contribution in [0.25, 0.3) is 11.4 Å². The third-order valence-corrected chi connectivity index (χ3v) is 6.39. The van der Waals surface area contributed by atoms with Gasteiger partial charge in [-0.1, -0.05) is 19.0 Å². The van der Waals surface area contributed by atoms with Crippen molar-refractivity contribution in [3.05, 3.63) is 53.9 Å². The molecule has 2 N–H and O–H groups in total. The third-order valence-electron chi connectivity index (χ3n) is 4.94.